The van der Waals surface area contributed by atoms with Crippen molar-refractivity contribution in [2.24, 2.45) is 5.92 Å². The molecular weight excluding hydrogens is 358 g/mol. The molecule has 6 heteroatoms. The van der Waals surface area contributed by atoms with E-state index in [1.807, 2.05) is 11.5 Å². The standard InChI is InChI=1S/C21H29N3O2S/c1-3-14-8-10-15(11-9-14)22-19(25)18-13(2)17-20(27-18)23-16-7-5-4-6-12-24(16)21(17)26/h14-15H,3-12H2,1-2H3,(H,22,25). The fraction of sp³-hybridized carbons (Fsp3) is 0.667. The maximum atomic E-state index is 13.0. The lowest BCUT2D eigenvalue weighted by Crippen LogP contribution is -2.37. The second-order valence-corrected chi connectivity index (χ2v) is 9.13. The summed E-state index contributed by atoms with van der Waals surface area (Å²) >= 11 is 1.38. The highest BCUT2D eigenvalue weighted by molar-refractivity contribution is 7.20. The maximum absolute atomic E-state index is 13.0. The first kappa shape index (κ1) is 18.7. The van der Waals surface area contributed by atoms with Gasteiger partial charge >= 0.3 is 0 Å². The van der Waals surface area contributed by atoms with Crippen LogP contribution in [0.1, 0.15) is 79.3 Å². The summed E-state index contributed by atoms with van der Waals surface area (Å²) in [5.74, 6) is 1.66. The van der Waals surface area contributed by atoms with Gasteiger partial charge in [-0.2, -0.15) is 0 Å². The minimum atomic E-state index is -0.0324. The van der Waals surface area contributed by atoms with Gasteiger partial charge < -0.3 is 5.32 Å². The van der Waals surface area contributed by atoms with Crippen LogP contribution in [0.2, 0.25) is 0 Å². The Morgan fingerprint density at radius 2 is 2.00 bits per heavy atom. The summed E-state index contributed by atoms with van der Waals surface area (Å²) in [5, 5.41) is 3.86. The molecule has 2 aromatic rings. The van der Waals surface area contributed by atoms with Crippen LogP contribution in [0.4, 0.5) is 0 Å². The van der Waals surface area contributed by atoms with E-state index in [1.165, 1.54) is 30.6 Å². The van der Waals surface area contributed by atoms with Crippen LogP contribution in [0.25, 0.3) is 10.2 Å². The van der Waals surface area contributed by atoms with Crippen LogP contribution in [0.3, 0.4) is 0 Å². The predicted molar refractivity (Wildman–Crippen MR) is 110 cm³/mol. The third-order valence-corrected chi connectivity index (χ3v) is 7.56. The predicted octanol–water partition coefficient (Wildman–Crippen LogP) is 4.19. The first-order valence-electron chi connectivity index (χ1n) is 10.4. The van der Waals surface area contributed by atoms with Crippen LogP contribution in [-0.4, -0.2) is 21.5 Å². The Hall–Kier alpha value is -1.69. The molecule has 1 N–H and O–H groups in total. The largest absolute Gasteiger partial charge is 0.349 e. The Labute approximate surface area is 164 Å². The van der Waals surface area contributed by atoms with Crippen molar-refractivity contribution in [3.63, 3.8) is 0 Å². The Bertz CT molecular complexity index is 906. The lowest BCUT2D eigenvalue weighted by atomic mass is 9.84. The number of thiophene rings is 1. The van der Waals surface area contributed by atoms with Crippen molar-refractivity contribution in [1.82, 2.24) is 14.9 Å². The number of hydrogen-bond acceptors (Lipinski definition) is 4. The number of hydrogen-bond donors (Lipinski definition) is 1. The van der Waals surface area contributed by atoms with Gasteiger partial charge in [-0.1, -0.05) is 19.8 Å². The molecule has 1 aliphatic carbocycles. The molecule has 2 aliphatic rings. The molecule has 146 valence electrons. The molecule has 1 amide bonds. The molecule has 0 saturated heterocycles. The zero-order valence-electron chi connectivity index (χ0n) is 16.3. The summed E-state index contributed by atoms with van der Waals surface area (Å²) in [4.78, 5) is 32.1. The molecular formula is C21H29N3O2S. The Balaban J connectivity index is 1.61. The van der Waals surface area contributed by atoms with E-state index in [9.17, 15) is 9.59 Å². The average Bonchev–Trinajstić information content (AvgIpc) is 2.84. The topological polar surface area (TPSA) is 64.0 Å². The van der Waals surface area contributed by atoms with Gasteiger partial charge in [0.15, 0.2) is 0 Å². The summed E-state index contributed by atoms with van der Waals surface area (Å²) < 4.78 is 1.84. The average molecular weight is 388 g/mol. The number of rotatable bonds is 3. The number of carbonyl (C=O) groups excluding carboxylic acids is 1. The van der Waals surface area contributed by atoms with E-state index < -0.39 is 0 Å². The number of aromatic nitrogens is 2. The van der Waals surface area contributed by atoms with Gasteiger partial charge in [0.05, 0.1) is 10.3 Å². The Kier molecular flexibility index (Phi) is 5.35. The highest BCUT2D eigenvalue weighted by Crippen LogP contribution is 2.30. The molecule has 5 nitrogen and oxygen atoms in total. The van der Waals surface area contributed by atoms with Crippen LogP contribution in [0, 0.1) is 12.8 Å². The van der Waals surface area contributed by atoms with Gasteiger partial charge in [0.25, 0.3) is 11.5 Å². The molecule has 27 heavy (non-hydrogen) atoms. The zero-order chi connectivity index (χ0) is 19.0. The number of nitrogens with zero attached hydrogens (tertiary/aromatic N) is 2. The van der Waals surface area contributed by atoms with Gasteiger partial charge in [-0.15, -0.1) is 11.3 Å². The van der Waals surface area contributed by atoms with E-state index in [1.54, 1.807) is 0 Å². The minimum Gasteiger partial charge on any atom is -0.349 e. The fourth-order valence-electron chi connectivity index (χ4n) is 4.59. The molecule has 0 unspecified atom stereocenters. The Morgan fingerprint density at radius 3 is 2.74 bits per heavy atom. The lowest BCUT2D eigenvalue weighted by molar-refractivity contribution is 0.0925. The van der Waals surface area contributed by atoms with Crippen molar-refractivity contribution in [3.05, 3.63) is 26.6 Å². The molecule has 0 bridgehead atoms. The molecule has 1 saturated carbocycles. The summed E-state index contributed by atoms with van der Waals surface area (Å²) in [6, 6.07) is 0.260. The number of fused-ring (bicyclic) bond motifs is 2. The molecule has 3 heterocycles. The Morgan fingerprint density at radius 1 is 1.22 bits per heavy atom. The van der Waals surface area contributed by atoms with E-state index in [4.69, 9.17) is 4.98 Å². The molecule has 2 aromatic heterocycles. The third-order valence-electron chi connectivity index (χ3n) is 6.38. The van der Waals surface area contributed by atoms with Crippen molar-refractivity contribution in [3.8, 4) is 0 Å². The van der Waals surface area contributed by atoms with Gasteiger partial charge in [0.2, 0.25) is 0 Å². The number of nitrogens with one attached hydrogen (secondary N) is 1. The van der Waals surface area contributed by atoms with Crippen LogP contribution < -0.4 is 10.9 Å². The van der Waals surface area contributed by atoms with Crippen LogP contribution in [0.5, 0.6) is 0 Å². The van der Waals surface area contributed by atoms with E-state index in [0.717, 1.165) is 67.2 Å². The van der Waals surface area contributed by atoms with Crippen molar-refractivity contribution in [2.45, 2.75) is 84.2 Å². The van der Waals surface area contributed by atoms with Gasteiger partial charge in [0.1, 0.15) is 10.7 Å². The van der Waals surface area contributed by atoms with Gasteiger partial charge in [-0.25, -0.2) is 4.98 Å². The van der Waals surface area contributed by atoms with E-state index in [-0.39, 0.29) is 17.5 Å². The van der Waals surface area contributed by atoms with E-state index in [0.29, 0.717) is 10.3 Å². The second kappa shape index (κ2) is 7.74. The molecule has 0 spiro atoms. The molecule has 0 atom stereocenters. The summed E-state index contributed by atoms with van der Waals surface area (Å²) in [7, 11) is 0. The third kappa shape index (κ3) is 3.56. The van der Waals surface area contributed by atoms with Crippen molar-refractivity contribution < 1.29 is 4.79 Å². The normalized spacial score (nSPS) is 23.0. The number of carbonyl (C=O) groups is 1. The van der Waals surface area contributed by atoms with Gasteiger partial charge in [-0.3, -0.25) is 14.2 Å². The smallest absolute Gasteiger partial charge is 0.262 e. The van der Waals surface area contributed by atoms with E-state index >= 15 is 0 Å². The van der Waals surface area contributed by atoms with Crippen LogP contribution in [-0.2, 0) is 13.0 Å². The molecule has 0 radical (unpaired) electrons. The monoisotopic (exact) mass is 387 g/mol. The zero-order valence-corrected chi connectivity index (χ0v) is 17.2. The van der Waals surface area contributed by atoms with Crippen molar-refractivity contribution in [1.29, 1.82) is 0 Å². The summed E-state index contributed by atoms with van der Waals surface area (Å²) in [5.41, 5.74) is 0.833. The van der Waals surface area contributed by atoms with Crippen molar-refractivity contribution >= 4 is 27.5 Å². The van der Waals surface area contributed by atoms with Crippen molar-refractivity contribution in [2.75, 3.05) is 0 Å². The highest BCUT2D eigenvalue weighted by Gasteiger charge is 2.25. The minimum absolute atomic E-state index is 0.0324. The van der Waals surface area contributed by atoms with Gasteiger partial charge in [0, 0.05) is 19.0 Å². The lowest BCUT2D eigenvalue weighted by Gasteiger charge is -2.28. The summed E-state index contributed by atoms with van der Waals surface area (Å²) in [6.07, 6.45) is 9.84. The quantitative estimate of drug-likeness (QED) is 0.859. The maximum Gasteiger partial charge on any atom is 0.262 e. The SMILES string of the molecule is CCC1CCC(NC(=O)c2sc3nc4n(c(=O)c3c2C)CCCCC4)CC1. The number of aryl methyl sites for hydroxylation is 2. The molecule has 1 fully saturated rings. The van der Waals surface area contributed by atoms with Crippen LogP contribution >= 0.6 is 11.3 Å². The molecule has 0 aromatic carbocycles. The molecule has 1 aliphatic heterocycles. The first-order valence-corrected chi connectivity index (χ1v) is 11.2. The second-order valence-electron chi connectivity index (χ2n) is 8.13. The van der Waals surface area contributed by atoms with Gasteiger partial charge in [-0.05, 0) is 56.9 Å². The van der Waals surface area contributed by atoms with Crippen LogP contribution in [0.15, 0.2) is 4.79 Å². The molecule has 4 rings (SSSR count). The first-order chi connectivity index (χ1) is 13.1. The highest BCUT2D eigenvalue weighted by atomic mass is 32.1. The summed E-state index contributed by atoms with van der Waals surface area (Å²) in [6.45, 7) is 4.89. The fourth-order valence-corrected chi connectivity index (χ4v) is 5.69. The van der Waals surface area contributed by atoms with E-state index in [2.05, 4.69) is 12.2 Å². The number of amides is 1.